The van der Waals surface area contributed by atoms with E-state index in [1.165, 1.54) is 15.3 Å². The fraction of sp³-hybridized carbons (Fsp3) is 0.417. The summed E-state index contributed by atoms with van der Waals surface area (Å²) in [5.41, 5.74) is 7.96. The first kappa shape index (κ1) is 12.0. The molecular formula is C12H15BrN2S. The number of hydrogen-bond donors (Lipinski definition) is 1. The van der Waals surface area contributed by atoms with Gasteiger partial charge in [-0.2, -0.15) is 0 Å². The van der Waals surface area contributed by atoms with Crippen molar-refractivity contribution in [3.05, 3.63) is 27.2 Å². The molecule has 1 aromatic carbocycles. The van der Waals surface area contributed by atoms with Crippen LogP contribution in [0.2, 0.25) is 0 Å². The number of aryl methyl sites for hydroxylation is 2. The molecule has 0 saturated carbocycles. The minimum atomic E-state index is 0.733. The molecule has 2 N–H and O–H groups in total. The van der Waals surface area contributed by atoms with Crippen molar-refractivity contribution >= 4 is 37.5 Å². The van der Waals surface area contributed by atoms with Gasteiger partial charge in [-0.25, -0.2) is 4.98 Å². The molecule has 2 aromatic rings. The standard InChI is InChI=1S/C12H15BrN2S/c1-2-8-6-9(13)12-10(7-8)16-11(15-12)4-3-5-14/h6-7H,2-5,14H2,1H3. The largest absolute Gasteiger partial charge is 0.330 e. The molecule has 0 aliphatic heterocycles. The Morgan fingerprint density at radius 1 is 1.44 bits per heavy atom. The highest BCUT2D eigenvalue weighted by molar-refractivity contribution is 9.10. The fourth-order valence-corrected chi connectivity index (χ4v) is 3.48. The van der Waals surface area contributed by atoms with Crippen LogP contribution in [-0.2, 0) is 12.8 Å². The van der Waals surface area contributed by atoms with E-state index in [1.54, 1.807) is 11.3 Å². The van der Waals surface area contributed by atoms with Gasteiger partial charge in [0.25, 0.3) is 0 Å². The maximum Gasteiger partial charge on any atom is 0.0957 e. The minimum Gasteiger partial charge on any atom is -0.330 e. The van der Waals surface area contributed by atoms with Crippen molar-refractivity contribution in [2.24, 2.45) is 5.73 Å². The Labute approximate surface area is 108 Å². The highest BCUT2D eigenvalue weighted by Crippen LogP contribution is 2.30. The molecule has 0 fully saturated rings. The summed E-state index contributed by atoms with van der Waals surface area (Å²) in [5, 5.41) is 1.19. The van der Waals surface area contributed by atoms with Gasteiger partial charge in [-0.1, -0.05) is 6.92 Å². The summed E-state index contributed by atoms with van der Waals surface area (Å²) in [6.07, 6.45) is 3.06. The van der Waals surface area contributed by atoms with Gasteiger partial charge in [0, 0.05) is 10.9 Å². The first-order valence-corrected chi connectivity index (χ1v) is 7.13. The summed E-state index contributed by atoms with van der Waals surface area (Å²) < 4.78 is 2.38. The predicted octanol–water partition coefficient (Wildman–Crippen LogP) is 3.51. The molecule has 0 radical (unpaired) electrons. The number of nitrogens with zero attached hydrogens (tertiary/aromatic N) is 1. The number of benzene rings is 1. The highest BCUT2D eigenvalue weighted by Gasteiger charge is 2.08. The number of hydrogen-bond acceptors (Lipinski definition) is 3. The molecule has 4 heteroatoms. The van der Waals surface area contributed by atoms with Gasteiger partial charge in [-0.05, 0) is 53.0 Å². The lowest BCUT2D eigenvalue weighted by Crippen LogP contribution is -1.99. The van der Waals surface area contributed by atoms with E-state index in [2.05, 4.69) is 40.0 Å². The second kappa shape index (κ2) is 5.25. The zero-order valence-corrected chi connectivity index (χ0v) is 11.7. The van der Waals surface area contributed by atoms with Crippen molar-refractivity contribution in [3.8, 4) is 0 Å². The molecule has 0 aliphatic carbocycles. The number of nitrogens with two attached hydrogens (primary N) is 1. The average Bonchev–Trinajstić information content (AvgIpc) is 2.69. The number of thiazole rings is 1. The molecule has 86 valence electrons. The lowest BCUT2D eigenvalue weighted by Gasteiger charge is -1.97. The number of fused-ring (bicyclic) bond motifs is 1. The third-order valence-electron chi connectivity index (χ3n) is 2.56. The Balaban J connectivity index is 2.40. The van der Waals surface area contributed by atoms with Crippen molar-refractivity contribution in [1.82, 2.24) is 4.98 Å². The topological polar surface area (TPSA) is 38.9 Å². The Bertz CT molecular complexity index is 493. The third-order valence-corrected chi connectivity index (χ3v) is 4.22. The van der Waals surface area contributed by atoms with Crippen molar-refractivity contribution in [2.45, 2.75) is 26.2 Å². The van der Waals surface area contributed by atoms with Crippen molar-refractivity contribution in [3.63, 3.8) is 0 Å². The zero-order chi connectivity index (χ0) is 11.5. The lowest BCUT2D eigenvalue weighted by molar-refractivity contribution is 0.828. The molecule has 0 spiro atoms. The van der Waals surface area contributed by atoms with Gasteiger partial charge in [0.05, 0.1) is 15.2 Å². The molecule has 0 aliphatic rings. The van der Waals surface area contributed by atoms with E-state index in [1.807, 2.05) is 0 Å². The van der Waals surface area contributed by atoms with E-state index in [0.29, 0.717) is 0 Å². The second-order valence-electron chi connectivity index (χ2n) is 3.78. The number of halogens is 1. The van der Waals surface area contributed by atoms with E-state index in [4.69, 9.17) is 5.73 Å². The normalized spacial score (nSPS) is 11.2. The predicted molar refractivity (Wildman–Crippen MR) is 74.1 cm³/mol. The van der Waals surface area contributed by atoms with Gasteiger partial charge >= 0.3 is 0 Å². The molecule has 0 atom stereocenters. The van der Waals surface area contributed by atoms with Crippen LogP contribution in [0.4, 0.5) is 0 Å². The summed E-state index contributed by atoms with van der Waals surface area (Å²) >= 11 is 5.37. The molecule has 0 bridgehead atoms. The summed E-state index contributed by atoms with van der Waals surface area (Å²) in [6, 6.07) is 4.40. The molecular weight excluding hydrogens is 284 g/mol. The SMILES string of the molecule is CCc1cc(Br)c2nc(CCCN)sc2c1. The van der Waals surface area contributed by atoms with Crippen LogP contribution in [0.25, 0.3) is 10.2 Å². The first-order valence-electron chi connectivity index (χ1n) is 5.52. The van der Waals surface area contributed by atoms with Crippen LogP contribution in [0.1, 0.15) is 23.9 Å². The van der Waals surface area contributed by atoms with Crippen LogP contribution in [-0.4, -0.2) is 11.5 Å². The Morgan fingerprint density at radius 3 is 2.94 bits per heavy atom. The van der Waals surface area contributed by atoms with Crippen LogP contribution < -0.4 is 5.73 Å². The Morgan fingerprint density at radius 2 is 2.25 bits per heavy atom. The zero-order valence-electron chi connectivity index (χ0n) is 9.29. The van der Waals surface area contributed by atoms with Crippen LogP contribution in [0.5, 0.6) is 0 Å². The molecule has 1 heterocycles. The third kappa shape index (κ3) is 2.44. The van der Waals surface area contributed by atoms with E-state index >= 15 is 0 Å². The van der Waals surface area contributed by atoms with Gasteiger partial charge in [0.15, 0.2) is 0 Å². The van der Waals surface area contributed by atoms with Crippen LogP contribution in [0.15, 0.2) is 16.6 Å². The molecule has 0 saturated heterocycles. The summed E-state index contributed by atoms with van der Waals surface area (Å²) in [4.78, 5) is 4.64. The lowest BCUT2D eigenvalue weighted by atomic mass is 10.2. The van der Waals surface area contributed by atoms with E-state index in [0.717, 1.165) is 35.8 Å². The van der Waals surface area contributed by atoms with Gasteiger partial charge in [-0.15, -0.1) is 11.3 Å². The highest BCUT2D eigenvalue weighted by atomic mass is 79.9. The first-order chi connectivity index (χ1) is 7.74. The van der Waals surface area contributed by atoms with E-state index in [9.17, 15) is 0 Å². The molecule has 0 unspecified atom stereocenters. The molecule has 0 amide bonds. The summed E-state index contributed by atoms with van der Waals surface area (Å²) in [5.74, 6) is 0. The second-order valence-corrected chi connectivity index (χ2v) is 5.75. The van der Waals surface area contributed by atoms with Gasteiger partial charge in [0.1, 0.15) is 0 Å². The number of rotatable bonds is 4. The van der Waals surface area contributed by atoms with Crippen LogP contribution in [0, 0.1) is 0 Å². The maximum atomic E-state index is 5.51. The average molecular weight is 299 g/mol. The fourth-order valence-electron chi connectivity index (χ4n) is 1.65. The minimum absolute atomic E-state index is 0.733. The monoisotopic (exact) mass is 298 g/mol. The summed E-state index contributed by atoms with van der Waals surface area (Å²) in [6.45, 7) is 2.90. The molecule has 2 nitrogen and oxygen atoms in total. The van der Waals surface area contributed by atoms with Crippen molar-refractivity contribution < 1.29 is 0 Å². The van der Waals surface area contributed by atoms with E-state index in [-0.39, 0.29) is 0 Å². The Kier molecular flexibility index (Phi) is 3.95. The van der Waals surface area contributed by atoms with Gasteiger partial charge < -0.3 is 5.73 Å². The summed E-state index contributed by atoms with van der Waals surface area (Å²) in [7, 11) is 0. The molecule has 16 heavy (non-hydrogen) atoms. The molecule has 2 rings (SSSR count). The van der Waals surface area contributed by atoms with Crippen molar-refractivity contribution in [2.75, 3.05) is 6.54 Å². The van der Waals surface area contributed by atoms with Gasteiger partial charge in [0.2, 0.25) is 0 Å². The molecule has 1 aromatic heterocycles. The Hall–Kier alpha value is -0.450. The smallest absolute Gasteiger partial charge is 0.0957 e. The van der Waals surface area contributed by atoms with Crippen LogP contribution >= 0.6 is 27.3 Å². The van der Waals surface area contributed by atoms with E-state index < -0.39 is 0 Å². The van der Waals surface area contributed by atoms with Crippen molar-refractivity contribution in [1.29, 1.82) is 0 Å². The van der Waals surface area contributed by atoms with Gasteiger partial charge in [-0.3, -0.25) is 0 Å². The van der Waals surface area contributed by atoms with Crippen LogP contribution in [0.3, 0.4) is 0 Å². The maximum absolute atomic E-state index is 5.51. The quantitative estimate of drug-likeness (QED) is 0.938. The number of aromatic nitrogens is 1.